The highest BCUT2D eigenvalue weighted by molar-refractivity contribution is 5.98. The van der Waals surface area contributed by atoms with E-state index in [1.165, 1.54) is 24.3 Å². The topological polar surface area (TPSA) is 110 Å². The van der Waals surface area contributed by atoms with E-state index in [4.69, 9.17) is 9.84 Å². The molecule has 1 aliphatic heterocycles. The molecule has 1 aliphatic rings. The number of carbonyl (C=O) groups is 2. The maximum atomic E-state index is 12.4. The molecule has 39 heavy (non-hydrogen) atoms. The molecule has 1 saturated heterocycles. The van der Waals surface area contributed by atoms with Gasteiger partial charge in [0.05, 0.1) is 17.1 Å². The van der Waals surface area contributed by atoms with Gasteiger partial charge in [0.2, 0.25) is 5.91 Å². The lowest BCUT2D eigenvalue weighted by Gasteiger charge is -2.32. The van der Waals surface area contributed by atoms with Gasteiger partial charge < -0.3 is 14.2 Å². The van der Waals surface area contributed by atoms with Gasteiger partial charge >= 0.3 is 5.97 Å². The summed E-state index contributed by atoms with van der Waals surface area (Å²) in [5.41, 5.74) is 3.08. The third-order valence-corrected chi connectivity index (χ3v) is 6.75. The van der Waals surface area contributed by atoms with Crippen LogP contribution in [0.1, 0.15) is 24.4 Å². The quantitative estimate of drug-likeness (QED) is 0.215. The normalized spacial score (nSPS) is 14.9. The van der Waals surface area contributed by atoms with Crippen molar-refractivity contribution in [2.45, 2.75) is 18.9 Å². The number of amides is 1. The molecule has 2 aromatic carbocycles. The fourth-order valence-electron chi connectivity index (χ4n) is 4.89. The lowest BCUT2D eigenvalue weighted by atomic mass is 10.0. The molecule has 1 fully saturated rings. The number of aromatic nitrogens is 3. The largest absolute Gasteiger partial charge is 0.423 e. The zero-order valence-corrected chi connectivity index (χ0v) is 21.1. The van der Waals surface area contributed by atoms with Crippen LogP contribution < -0.4 is 10.2 Å². The van der Waals surface area contributed by atoms with Crippen LogP contribution in [0.4, 0.5) is 0 Å². The van der Waals surface area contributed by atoms with Crippen LogP contribution in [0.25, 0.3) is 27.8 Å². The predicted octanol–water partition coefficient (Wildman–Crippen LogP) is 4.17. The molecule has 0 saturated carbocycles. The van der Waals surface area contributed by atoms with Gasteiger partial charge in [-0.3, -0.25) is 14.3 Å². The molecule has 9 nitrogen and oxygen atoms in total. The van der Waals surface area contributed by atoms with Crippen molar-refractivity contribution < 1.29 is 14.3 Å². The molecule has 1 amide bonds. The summed E-state index contributed by atoms with van der Waals surface area (Å²) in [5, 5.41) is 15.7. The van der Waals surface area contributed by atoms with E-state index in [-0.39, 0.29) is 23.1 Å². The van der Waals surface area contributed by atoms with Gasteiger partial charge in [-0.1, -0.05) is 25.3 Å². The number of likely N-dealkylation sites (tertiary alicyclic amines) is 1. The molecule has 0 bridgehead atoms. The molecule has 5 rings (SSSR count). The minimum absolute atomic E-state index is 0.0720. The number of benzene rings is 2. The molecule has 3 heterocycles. The average Bonchev–Trinajstić information content (AvgIpc) is 3.36. The summed E-state index contributed by atoms with van der Waals surface area (Å²) in [6.45, 7) is 8.12. The van der Waals surface area contributed by atoms with E-state index in [2.05, 4.69) is 19.2 Å². The van der Waals surface area contributed by atoms with Crippen LogP contribution in [0.15, 0.2) is 91.0 Å². The number of hydrogen-bond donors (Lipinski definition) is 0. The van der Waals surface area contributed by atoms with Gasteiger partial charge in [-0.25, -0.2) is 4.79 Å². The van der Waals surface area contributed by atoms with Gasteiger partial charge in [0, 0.05) is 66.4 Å². The van der Waals surface area contributed by atoms with Crippen LogP contribution in [-0.4, -0.2) is 44.2 Å². The SMILES string of the molecule is C=CC(=O)Oc1cc(C#N)c2c(c1)c(-c1ccc(-n3ccc(=O)cc3)cc1)nn2[C@@H]1CCCN(C(=O)C=C)C1. The second-order valence-electron chi connectivity index (χ2n) is 9.17. The molecule has 9 heteroatoms. The first-order valence-corrected chi connectivity index (χ1v) is 12.4. The number of piperidine rings is 1. The zero-order valence-electron chi connectivity index (χ0n) is 21.1. The summed E-state index contributed by atoms with van der Waals surface area (Å²) < 4.78 is 9.02. The number of pyridine rings is 1. The first kappa shape index (κ1) is 25.4. The van der Waals surface area contributed by atoms with Crippen LogP contribution in [0.5, 0.6) is 5.75 Å². The van der Waals surface area contributed by atoms with Crippen LogP contribution in [0.2, 0.25) is 0 Å². The zero-order chi connectivity index (χ0) is 27.5. The van der Waals surface area contributed by atoms with Gasteiger partial charge in [-0.15, -0.1) is 0 Å². The van der Waals surface area contributed by atoms with Crippen LogP contribution in [0.3, 0.4) is 0 Å². The van der Waals surface area contributed by atoms with Gasteiger partial charge in [-0.05, 0) is 37.1 Å². The second kappa shape index (κ2) is 10.6. The van der Waals surface area contributed by atoms with Gasteiger partial charge in [0.25, 0.3) is 0 Å². The number of nitrogens with zero attached hydrogens (tertiary/aromatic N) is 5. The molecule has 194 valence electrons. The third-order valence-electron chi connectivity index (χ3n) is 6.75. The highest BCUT2D eigenvalue weighted by atomic mass is 16.5. The maximum Gasteiger partial charge on any atom is 0.335 e. The van der Waals surface area contributed by atoms with E-state index in [1.807, 2.05) is 33.5 Å². The first-order valence-electron chi connectivity index (χ1n) is 12.4. The molecule has 0 N–H and O–H groups in total. The maximum absolute atomic E-state index is 12.4. The van der Waals surface area contributed by atoms with E-state index >= 15 is 0 Å². The summed E-state index contributed by atoms with van der Waals surface area (Å²) >= 11 is 0. The highest BCUT2D eigenvalue weighted by Gasteiger charge is 2.28. The summed E-state index contributed by atoms with van der Waals surface area (Å²) in [4.78, 5) is 37.5. The Kier molecular flexibility index (Phi) is 6.93. The monoisotopic (exact) mass is 519 g/mol. The predicted molar refractivity (Wildman–Crippen MR) is 146 cm³/mol. The molecule has 0 spiro atoms. The second-order valence-corrected chi connectivity index (χ2v) is 9.17. The number of nitriles is 1. The summed E-state index contributed by atoms with van der Waals surface area (Å²) in [5.74, 6) is -0.570. The van der Waals surface area contributed by atoms with Gasteiger partial charge in [-0.2, -0.15) is 10.4 Å². The number of hydrogen-bond acceptors (Lipinski definition) is 6. The van der Waals surface area contributed by atoms with E-state index in [9.17, 15) is 19.6 Å². The number of rotatable bonds is 6. The molecule has 1 atom stereocenters. The Hall–Kier alpha value is -5.23. The standard InChI is InChI=1S/C30H25N5O4/c1-3-27(37)34-13-5-6-23(19-34)35-30-21(18-31)16-25(39-28(38)4-2)17-26(30)29(32-35)20-7-9-22(10-8-20)33-14-11-24(36)12-15-33/h3-4,7-12,14-17,23H,1-2,5-6,13,19H2/t23-/m1/s1. The minimum atomic E-state index is -0.636. The van der Waals surface area contributed by atoms with Crippen molar-refractivity contribution in [2.24, 2.45) is 0 Å². The Balaban J connectivity index is 1.65. The van der Waals surface area contributed by atoms with E-state index in [0.29, 0.717) is 35.2 Å². The van der Waals surface area contributed by atoms with Crippen molar-refractivity contribution in [3.05, 3.63) is 102 Å². The Morgan fingerprint density at radius 2 is 1.82 bits per heavy atom. The van der Waals surface area contributed by atoms with Crippen LogP contribution >= 0.6 is 0 Å². The fourth-order valence-corrected chi connectivity index (χ4v) is 4.89. The number of esters is 1. The lowest BCUT2D eigenvalue weighted by Crippen LogP contribution is -2.40. The summed E-state index contributed by atoms with van der Waals surface area (Å²) in [6.07, 6.45) is 7.32. The third kappa shape index (κ3) is 5.00. The molecule has 0 unspecified atom stereocenters. The molecular weight excluding hydrogens is 494 g/mol. The van der Waals surface area contributed by atoms with E-state index in [1.54, 1.807) is 23.4 Å². The Morgan fingerprint density at radius 1 is 1.08 bits per heavy atom. The van der Waals surface area contributed by atoms with Gasteiger partial charge in [0.15, 0.2) is 5.43 Å². The molecule has 4 aromatic rings. The van der Waals surface area contributed by atoms with Crippen molar-refractivity contribution in [1.29, 1.82) is 5.26 Å². The Bertz CT molecular complexity index is 1690. The summed E-state index contributed by atoms with van der Waals surface area (Å²) in [6, 6.07) is 15.9. The van der Waals surface area contributed by atoms with Gasteiger partial charge in [0.1, 0.15) is 17.5 Å². The van der Waals surface area contributed by atoms with Crippen molar-refractivity contribution in [2.75, 3.05) is 13.1 Å². The number of fused-ring (bicyclic) bond motifs is 1. The number of carbonyl (C=O) groups excluding carboxylic acids is 2. The molecule has 0 radical (unpaired) electrons. The van der Waals surface area contributed by atoms with E-state index < -0.39 is 5.97 Å². The lowest BCUT2D eigenvalue weighted by molar-refractivity contribution is -0.129. The van der Waals surface area contributed by atoms with Crippen molar-refractivity contribution >= 4 is 22.8 Å². The van der Waals surface area contributed by atoms with Crippen molar-refractivity contribution in [1.82, 2.24) is 19.2 Å². The smallest absolute Gasteiger partial charge is 0.335 e. The summed E-state index contributed by atoms with van der Waals surface area (Å²) in [7, 11) is 0. The first-order chi connectivity index (χ1) is 18.9. The molecule has 0 aliphatic carbocycles. The van der Waals surface area contributed by atoms with Crippen LogP contribution in [0, 0.1) is 11.3 Å². The van der Waals surface area contributed by atoms with Crippen molar-refractivity contribution in [3.8, 4) is 28.8 Å². The van der Waals surface area contributed by atoms with Crippen LogP contribution in [-0.2, 0) is 9.59 Å². The van der Waals surface area contributed by atoms with E-state index in [0.717, 1.165) is 30.2 Å². The Labute approximate surface area is 224 Å². The molecule has 2 aromatic heterocycles. The molecular formula is C30H25N5O4. The average molecular weight is 520 g/mol. The minimum Gasteiger partial charge on any atom is -0.423 e. The fraction of sp³-hybridized carbons (Fsp3) is 0.167. The van der Waals surface area contributed by atoms with Crippen molar-refractivity contribution in [3.63, 3.8) is 0 Å². The Morgan fingerprint density at radius 3 is 2.49 bits per heavy atom. The highest BCUT2D eigenvalue weighted by Crippen LogP contribution is 2.37. The number of ether oxygens (including phenoxy) is 1.